The highest BCUT2D eigenvalue weighted by atomic mass is 16.6. The predicted molar refractivity (Wildman–Crippen MR) is 132 cm³/mol. The van der Waals surface area contributed by atoms with Gasteiger partial charge in [0.2, 0.25) is 0 Å². The molecule has 1 atom stereocenters. The van der Waals surface area contributed by atoms with Crippen LogP contribution >= 0.6 is 0 Å². The Labute approximate surface area is 201 Å². The fourth-order valence-corrected chi connectivity index (χ4v) is 4.33. The van der Waals surface area contributed by atoms with Crippen molar-refractivity contribution < 1.29 is 19.0 Å². The third-order valence-corrected chi connectivity index (χ3v) is 5.95. The van der Waals surface area contributed by atoms with E-state index in [1.807, 2.05) is 45.9 Å². The van der Waals surface area contributed by atoms with Crippen LogP contribution < -0.4 is 4.74 Å². The largest absolute Gasteiger partial charge is 0.490 e. The molecule has 34 heavy (non-hydrogen) atoms. The standard InChI is InChI=1S/C26H36N4O4/c1-6-32-15-17(2)13-22-24-23(27-16-28-24)20-14-19(7-8-21(20)29-22)33-18-9-11-30(12-10-18)25(31)34-26(3,4)5/h7-8,14,16-18H,6,9-13,15H2,1-5H3,(H,27,28). The minimum Gasteiger partial charge on any atom is -0.490 e. The number of H-pyrrole nitrogens is 1. The highest BCUT2D eigenvalue weighted by molar-refractivity contribution is 6.03. The van der Waals surface area contributed by atoms with Crippen molar-refractivity contribution >= 4 is 28.0 Å². The van der Waals surface area contributed by atoms with E-state index in [4.69, 9.17) is 19.2 Å². The van der Waals surface area contributed by atoms with Gasteiger partial charge in [0.1, 0.15) is 17.5 Å². The van der Waals surface area contributed by atoms with Gasteiger partial charge < -0.3 is 24.1 Å². The number of hydrogen-bond acceptors (Lipinski definition) is 6. The second kappa shape index (κ2) is 10.2. The van der Waals surface area contributed by atoms with Crippen molar-refractivity contribution in [3.8, 4) is 5.75 Å². The summed E-state index contributed by atoms with van der Waals surface area (Å²) in [7, 11) is 0. The van der Waals surface area contributed by atoms with Gasteiger partial charge in [-0.2, -0.15) is 0 Å². The lowest BCUT2D eigenvalue weighted by Gasteiger charge is -2.33. The lowest BCUT2D eigenvalue weighted by Crippen LogP contribution is -2.44. The summed E-state index contributed by atoms with van der Waals surface area (Å²) in [6.45, 7) is 12.5. The maximum atomic E-state index is 12.3. The second-order valence-corrected chi connectivity index (χ2v) is 10.1. The van der Waals surface area contributed by atoms with E-state index in [0.717, 1.165) is 59.2 Å². The van der Waals surface area contributed by atoms with Gasteiger partial charge in [-0.3, -0.25) is 4.98 Å². The van der Waals surface area contributed by atoms with Gasteiger partial charge in [-0.25, -0.2) is 9.78 Å². The molecule has 1 saturated heterocycles. The molecule has 8 nitrogen and oxygen atoms in total. The van der Waals surface area contributed by atoms with Gasteiger partial charge >= 0.3 is 6.09 Å². The van der Waals surface area contributed by atoms with Crippen LogP contribution in [0.25, 0.3) is 21.9 Å². The molecule has 1 fully saturated rings. The average molecular weight is 469 g/mol. The van der Waals surface area contributed by atoms with Crippen molar-refractivity contribution in [1.29, 1.82) is 0 Å². The van der Waals surface area contributed by atoms with Crippen LogP contribution in [0.4, 0.5) is 4.79 Å². The Morgan fingerprint density at radius 2 is 2.03 bits per heavy atom. The van der Waals surface area contributed by atoms with E-state index < -0.39 is 5.60 Å². The number of piperidine rings is 1. The lowest BCUT2D eigenvalue weighted by molar-refractivity contribution is 0.0127. The number of pyridine rings is 1. The Balaban J connectivity index is 1.45. The molecule has 0 saturated carbocycles. The Hall–Kier alpha value is -2.87. The number of rotatable bonds is 7. The number of benzene rings is 1. The molecule has 2 aromatic heterocycles. The number of carbonyl (C=O) groups excluding carboxylic acids is 1. The average Bonchev–Trinajstić information content (AvgIpc) is 3.28. The minimum atomic E-state index is -0.484. The summed E-state index contributed by atoms with van der Waals surface area (Å²) in [4.78, 5) is 26.9. The molecule has 1 N–H and O–H groups in total. The summed E-state index contributed by atoms with van der Waals surface area (Å²) < 4.78 is 17.4. The second-order valence-electron chi connectivity index (χ2n) is 10.1. The summed E-state index contributed by atoms with van der Waals surface area (Å²) in [5.41, 5.74) is 3.32. The lowest BCUT2D eigenvalue weighted by atomic mass is 10.0. The van der Waals surface area contributed by atoms with Gasteiger partial charge in [-0.15, -0.1) is 0 Å². The van der Waals surface area contributed by atoms with Gasteiger partial charge in [0, 0.05) is 44.5 Å². The SMILES string of the molecule is CCOCC(C)Cc1nc2ccc(OC3CCN(C(=O)OC(C)(C)C)CC3)cc2c2nc[nH]c12. The molecule has 0 bridgehead atoms. The normalized spacial score (nSPS) is 16.2. The maximum Gasteiger partial charge on any atom is 0.410 e. The Kier molecular flexibility index (Phi) is 7.26. The molecular formula is C26H36N4O4. The third kappa shape index (κ3) is 5.78. The van der Waals surface area contributed by atoms with E-state index in [1.54, 1.807) is 11.2 Å². The van der Waals surface area contributed by atoms with Crippen molar-refractivity contribution in [3.63, 3.8) is 0 Å². The van der Waals surface area contributed by atoms with Crippen molar-refractivity contribution in [2.24, 2.45) is 5.92 Å². The summed E-state index contributed by atoms with van der Waals surface area (Å²) in [5.74, 6) is 1.16. The molecule has 4 rings (SSSR count). The number of carbonyl (C=O) groups is 1. The number of aromatic nitrogens is 3. The van der Waals surface area contributed by atoms with E-state index in [2.05, 4.69) is 16.9 Å². The van der Waals surface area contributed by atoms with Crippen molar-refractivity contribution in [2.45, 2.75) is 65.6 Å². The Bertz CT molecular complexity index is 1130. The fraction of sp³-hybridized carbons (Fsp3) is 0.577. The molecule has 0 spiro atoms. The first kappa shape index (κ1) is 24.3. The zero-order chi connectivity index (χ0) is 24.3. The summed E-state index contributed by atoms with van der Waals surface area (Å²) in [5, 5.41) is 0.973. The van der Waals surface area contributed by atoms with Crippen LogP contribution in [0.15, 0.2) is 24.5 Å². The van der Waals surface area contributed by atoms with E-state index in [0.29, 0.717) is 25.6 Å². The highest BCUT2D eigenvalue weighted by Gasteiger charge is 2.27. The van der Waals surface area contributed by atoms with Crippen LogP contribution in [-0.2, 0) is 15.9 Å². The minimum absolute atomic E-state index is 0.0532. The van der Waals surface area contributed by atoms with E-state index >= 15 is 0 Å². The quantitative estimate of drug-likeness (QED) is 0.519. The van der Waals surface area contributed by atoms with Crippen molar-refractivity contribution in [3.05, 3.63) is 30.2 Å². The number of aromatic amines is 1. The van der Waals surface area contributed by atoms with Crippen LogP contribution in [-0.4, -0.2) is 64.0 Å². The number of hydrogen-bond donors (Lipinski definition) is 1. The number of fused-ring (bicyclic) bond motifs is 3. The van der Waals surface area contributed by atoms with E-state index in [-0.39, 0.29) is 12.2 Å². The zero-order valence-electron chi connectivity index (χ0n) is 20.9. The molecular weight excluding hydrogens is 432 g/mol. The summed E-state index contributed by atoms with van der Waals surface area (Å²) in [6.07, 6.45) is 3.88. The number of likely N-dealkylation sites (tertiary alicyclic amines) is 1. The molecule has 1 aliphatic heterocycles. The predicted octanol–water partition coefficient (Wildman–Crippen LogP) is 5.10. The van der Waals surface area contributed by atoms with Crippen LogP contribution in [0.1, 0.15) is 53.2 Å². The molecule has 3 heterocycles. The zero-order valence-corrected chi connectivity index (χ0v) is 20.9. The van der Waals surface area contributed by atoms with Crippen molar-refractivity contribution in [1.82, 2.24) is 19.9 Å². The smallest absolute Gasteiger partial charge is 0.410 e. The Morgan fingerprint density at radius 1 is 1.26 bits per heavy atom. The first-order chi connectivity index (χ1) is 16.2. The molecule has 0 radical (unpaired) electrons. The van der Waals surface area contributed by atoms with E-state index in [9.17, 15) is 4.79 Å². The van der Waals surface area contributed by atoms with Gasteiger partial charge in [-0.1, -0.05) is 6.92 Å². The van der Waals surface area contributed by atoms with Crippen LogP contribution in [0.3, 0.4) is 0 Å². The molecule has 184 valence electrons. The van der Waals surface area contributed by atoms with Gasteiger partial charge in [0.05, 0.1) is 28.6 Å². The molecule has 8 heteroatoms. The number of amides is 1. The van der Waals surface area contributed by atoms with Gasteiger partial charge in [0.15, 0.2) is 0 Å². The fourth-order valence-electron chi connectivity index (χ4n) is 4.33. The highest BCUT2D eigenvalue weighted by Crippen LogP contribution is 2.30. The van der Waals surface area contributed by atoms with Gasteiger partial charge in [0.25, 0.3) is 0 Å². The van der Waals surface area contributed by atoms with Gasteiger partial charge in [-0.05, 0) is 58.2 Å². The maximum absolute atomic E-state index is 12.3. The van der Waals surface area contributed by atoms with Crippen LogP contribution in [0, 0.1) is 5.92 Å². The van der Waals surface area contributed by atoms with Crippen molar-refractivity contribution in [2.75, 3.05) is 26.3 Å². The number of imidazole rings is 1. The molecule has 1 unspecified atom stereocenters. The topological polar surface area (TPSA) is 89.6 Å². The van der Waals surface area contributed by atoms with E-state index in [1.165, 1.54) is 0 Å². The Morgan fingerprint density at radius 3 is 2.74 bits per heavy atom. The first-order valence-electron chi connectivity index (χ1n) is 12.2. The monoisotopic (exact) mass is 468 g/mol. The molecule has 1 aromatic carbocycles. The summed E-state index contributed by atoms with van der Waals surface area (Å²) in [6, 6.07) is 6.01. The molecule has 1 amide bonds. The number of nitrogens with one attached hydrogen (secondary N) is 1. The number of nitrogens with zero attached hydrogens (tertiary/aromatic N) is 3. The first-order valence-corrected chi connectivity index (χ1v) is 12.2. The molecule has 3 aromatic rings. The third-order valence-electron chi connectivity index (χ3n) is 5.95. The molecule has 0 aliphatic carbocycles. The molecule has 1 aliphatic rings. The summed E-state index contributed by atoms with van der Waals surface area (Å²) >= 11 is 0. The van der Waals surface area contributed by atoms with Crippen LogP contribution in [0.2, 0.25) is 0 Å². The van der Waals surface area contributed by atoms with Crippen LogP contribution in [0.5, 0.6) is 5.75 Å². The number of ether oxygens (including phenoxy) is 3.